The van der Waals surface area contributed by atoms with Crippen LogP contribution in [0.2, 0.25) is 0 Å². The normalized spacial score (nSPS) is 12.4. The molecule has 1 unspecified atom stereocenters. The molecule has 138 valence electrons. The number of rotatable bonds is 6. The van der Waals surface area contributed by atoms with Crippen molar-refractivity contribution in [1.82, 2.24) is 4.98 Å². The van der Waals surface area contributed by atoms with Gasteiger partial charge < -0.3 is 9.72 Å². The number of benzene rings is 2. The van der Waals surface area contributed by atoms with Crippen molar-refractivity contribution in [3.05, 3.63) is 75.6 Å². The zero-order valence-corrected chi connectivity index (χ0v) is 15.7. The quantitative estimate of drug-likeness (QED) is 0.536. The summed E-state index contributed by atoms with van der Waals surface area (Å²) in [6.07, 6.45) is 2.11. The number of carbonyl (C=O) groups excluding carboxylic acids is 1. The average molecular weight is 362 g/mol. The van der Waals surface area contributed by atoms with Gasteiger partial charge in [0, 0.05) is 17.0 Å². The van der Waals surface area contributed by atoms with Crippen LogP contribution >= 0.6 is 0 Å². The molecule has 0 fully saturated rings. The van der Waals surface area contributed by atoms with E-state index in [1.165, 1.54) is 12.3 Å². The fourth-order valence-electron chi connectivity index (χ4n) is 3.03. The Kier molecular flexibility index (Phi) is 5.50. The van der Waals surface area contributed by atoms with Crippen molar-refractivity contribution in [3.8, 4) is 5.75 Å². The van der Waals surface area contributed by atoms with Crippen LogP contribution in [-0.2, 0) is 6.42 Å². The highest BCUT2D eigenvalue weighted by atomic mass is 16.5. The number of hydrogen-bond acceptors (Lipinski definition) is 4. The van der Waals surface area contributed by atoms with E-state index in [4.69, 9.17) is 4.74 Å². The number of methoxy groups -OCH3 is 1. The van der Waals surface area contributed by atoms with E-state index in [0.717, 1.165) is 28.7 Å². The largest absolute Gasteiger partial charge is 0.497 e. The van der Waals surface area contributed by atoms with E-state index >= 15 is 0 Å². The molecule has 0 spiro atoms. The van der Waals surface area contributed by atoms with Gasteiger partial charge in [0.15, 0.2) is 0 Å². The van der Waals surface area contributed by atoms with Gasteiger partial charge in [-0.25, -0.2) is 0 Å². The zero-order chi connectivity index (χ0) is 19.4. The topological polar surface area (TPSA) is 71.5 Å². The number of aryl methyl sites for hydroxylation is 1. The third-order valence-electron chi connectivity index (χ3n) is 4.51. The van der Waals surface area contributed by atoms with Crippen molar-refractivity contribution in [2.24, 2.45) is 4.99 Å². The lowest BCUT2D eigenvalue weighted by molar-refractivity contribution is 0.107. The fraction of sp³-hybridized carbons (Fsp3) is 0.227. The van der Waals surface area contributed by atoms with Crippen LogP contribution in [-0.4, -0.2) is 30.1 Å². The highest BCUT2D eigenvalue weighted by Crippen LogP contribution is 2.19. The molecule has 0 radical (unpaired) electrons. The average Bonchev–Trinajstić information content (AvgIpc) is 2.67. The number of H-pyrrole nitrogens is 1. The van der Waals surface area contributed by atoms with E-state index < -0.39 is 0 Å². The smallest absolute Gasteiger partial charge is 0.248 e. The molecule has 1 heterocycles. The van der Waals surface area contributed by atoms with Gasteiger partial charge in [0.2, 0.25) is 11.3 Å². The molecule has 1 atom stereocenters. The highest BCUT2D eigenvalue weighted by molar-refractivity contribution is 6.38. The number of nitrogens with one attached hydrogen (secondary N) is 1. The Morgan fingerprint density at radius 1 is 1.15 bits per heavy atom. The number of carbonyl (C=O) groups is 1. The molecule has 0 saturated heterocycles. The van der Waals surface area contributed by atoms with Gasteiger partial charge in [-0.3, -0.25) is 14.6 Å². The molecule has 5 nitrogen and oxygen atoms in total. The van der Waals surface area contributed by atoms with Gasteiger partial charge in [-0.2, -0.15) is 0 Å². The minimum Gasteiger partial charge on any atom is -0.497 e. The van der Waals surface area contributed by atoms with Gasteiger partial charge >= 0.3 is 0 Å². The standard InChI is InChI=1S/C22H22N2O3/c1-14-4-9-18(19-10-11-21(26)24-22(14)19)20(25)13-23-15(2)12-16-5-7-17(27-3)8-6-16/h4-11,13,15H,12H2,1-3H3,(H,24,26). The number of ketones is 1. The number of Topliss-reactive ketones (excluding diaryl/α,β-unsaturated/α-hetero) is 1. The van der Waals surface area contributed by atoms with E-state index in [-0.39, 0.29) is 17.4 Å². The van der Waals surface area contributed by atoms with Crippen molar-refractivity contribution in [2.45, 2.75) is 26.3 Å². The first-order valence-corrected chi connectivity index (χ1v) is 8.81. The van der Waals surface area contributed by atoms with E-state index in [1.54, 1.807) is 19.2 Å². The Morgan fingerprint density at radius 3 is 2.59 bits per heavy atom. The molecule has 0 bridgehead atoms. The minimum absolute atomic E-state index is 0.0288. The van der Waals surface area contributed by atoms with Gasteiger partial charge in [-0.15, -0.1) is 0 Å². The second-order valence-corrected chi connectivity index (χ2v) is 6.58. The lowest BCUT2D eigenvalue weighted by Gasteiger charge is -2.08. The maximum absolute atomic E-state index is 12.6. The lowest BCUT2D eigenvalue weighted by Crippen LogP contribution is -2.10. The molecular weight excluding hydrogens is 340 g/mol. The van der Waals surface area contributed by atoms with Crippen LogP contribution in [0.4, 0.5) is 0 Å². The summed E-state index contributed by atoms with van der Waals surface area (Å²) in [5.41, 5.74) is 3.09. The van der Waals surface area contributed by atoms with Crippen molar-refractivity contribution in [2.75, 3.05) is 7.11 Å². The van der Waals surface area contributed by atoms with E-state index in [0.29, 0.717) is 11.1 Å². The number of aromatic amines is 1. The summed E-state index contributed by atoms with van der Waals surface area (Å²) < 4.78 is 5.16. The molecule has 3 rings (SSSR count). The first-order chi connectivity index (χ1) is 13.0. The molecule has 0 aliphatic heterocycles. The summed E-state index contributed by atoms with van der Waals surface area (Å²) >= 11 is 0. The van der Waals surface area contributed by atoms with Crippen LogP contribution in [0.25, 0.3) is 10.9 Å². The van der Waals surface area contributed by atoms with Crippen molar-refractivity contribution in [1.29, 1.82) is 0 Å². The Hall–Kier alpha value is -3.21. The van der Waals surface area contributed by atoms with Gasteiger partial charge in [0.1, 0.15) is 5.75 Å². The van der Waals surface area contributed by atoms with Crippen molar-refractivity contribution in [3.63, 3.8) is 0 Å². The maximum Gasteiger partial charge on any atom is 0.248 e. The molecule has 27 heavy (non-hydrogen) atoms. The Labute approximate surface area is 157 Å². The van der Waals surface area contributed by atoms with E-state index in [1.807, 2.05) is 44.2 Å². The highest BCUT2D eigenvalue weighted by Gasteiger charge is 2.11. The first kappa shape index (κ1) is 18.6. The molecule has 0 aliphatic carbocycles. The maximum atomic E-state index is 12.6. The van der Waals surface area contributed by atoms with E-state index in [2.05, 4.69) is 9.98 Å². The zero-order valence-electron chi connectivity index (χ0n) is 15.7. The van der Waals surface area contributed by atoms with Gasteiger partial charge in [-0.05, 0) is 55.7 Å². The summed E-state index contributed by atoms with van der Waals surface area (Å²) in [5, 5.41) is 0.730. The number of pyridine rings is 1. The van der Waals surface area contributed by atoms with Crippen LogP contribution in [0, 0.1) is 6.92 Å². The second kappa shape index (κ2) is 7.99. The molecule has 0 amide bonds. The first-order valence-electron chi connectivity index (χ1n) is 8.81. The van der Waals surface area contributed by atoms with Gasteiger partial charge in [-0.1, -0.05) is 18.2 Å². The summed E-state index contributed by atoms with van der Waals surface area (Å²) in [5.74, 6) is 0.642. The van der Waals surface area contributed by atoms with Crippen LogP contribution in [0.15, 0.2) is 58.3 Å². The Bertz CT molecular complexity index is 1050. The molecule has 5 heteroatoms. The summed E-state index contributed by atoms with van der Waals surface area (Å²) in [7, 11) is 1.64. The van der Waals surface area contributed by atoms with Crippen LogP contribution in [0.1, 0.15) is 28.4 Å². The number of fused-ring (bicyclic) bond motifs is 1. The molecular formula is C22H22N2O3. The fourth-order valence-corrected chi connectivity index (χ4v) is 3.03. The number of ether oxygens (including phenoxy) is 1. The molecule has 1 N–H and O–H groups in total. The van der Waals surface area contributed by atoms with Crippen molar-refractivity contribution >= 4 is 22.9 Å². The van der Waals surface area contributed by atoms with Crippen molar-refractivity contribution < 1.29 is 9.53 Å². The summed E-state index contributed by atoms with van der Waals surface area (Å²) in [6, 6.07) is 14.5. The predicted octanol–water partition coefficient (Wildman–Crippen LogP) is 3.73. The van der Waals surface area contributed by atoms with Crippen LogP contribution in [0.3, 0.4) is 0 Å². The summed E-state index contributed by atoms with van der Waals surface area (Å²) in [4.78, 5) is 31.4. The molecule has 1 aromatic heterocycles. The number of hydrogen-bond donors (Lipinski definition) is 1. The third kappa shape index (κ3) is 4.31. The van der Waals surface area contributed by atoms with Crippen LogP contribution in [0.5, 0.6) is 5.75 Å². The molecule has 0 aliphatic rings. The molecule has 0 saturated carbocycles. The van der Waals surface area contributed by atoms with Gasteiger partial charge in [0.05, 0.1) is 24.9 Å². The Balaban J connectivity index is 1.77. The molecule has 2 aromatic carbocycles. The number of aromatic nitrogens is 1. The SMILES string of the molecule is COc1ccc(CC(C)N=CC(=O)c2ccc(C)c3[nH]c(=O)ccc23)cc1. The second-order valence-electron chi connectivity index (χ2n) is 6.58. The number of nitrogens with zero attached hydrogens (tertiary/aromatic N) is 1. The monoisotopic (exact) mass is 362 g/mol. The third-order valence-corrected chi connectivity index (χ3v) is 4.51. The summed E-state index contributed by atoms with van der Waals surface area (Å²) in [6.45, 7) is 3.87. The molecule has 3 aromatic rings. The minimum atomic E-state index is -0.183. The lowest BCUT2D eigenvalue weighted by atomic mass is 10.0. The number of aliphatic imine (C=N–C) groups is 1. The van der Waals surface area contributed by atoms with E-state index in [9.17, 15) is 9.59 Å². The van der Waals surface area contributed by atoms with Gasteiger partial charge in [0.25, 0.3) is 0 Å². The van der Waals surface area contributed by atoms with Crippen LogP contribution < -0.4 is 10.3 Å². The predicted molar refractivity (Wildman–Crippen MR) is 108 cm³/mol. The Morgan fingerprint density at radius 2 is 1.89 bits per heavy atom.